The van der Waals surface area contributed by atoms with Gasteiger partial charge in [-0.1, -0.05) is 0 Å². The van der Waals surface area contributed by atoms with Gasteiger partial charge in [-0.05, 0) is 28.1 Å². The number of hydrogen-bond acceptors (Lipinski definition) is 3. The van der Waals surface area contributed by atoms with Gasteiger partial charge in [-0.15, -0.1) is 0 Å². The van der Waals surface area contributed by atoms with E-state index in [4.69, 9.17) is 10.2 Å². The minimum Gasteiger partial charge on any atom is -0.453 e. The molecule has 0 spiro atoms. The van der Waals surface area contributed by atoms with E-state index in [1.54, 1.807) is 0 Å². The third-order valence-corrected chi connectivity index (χ3v) is 1.90. The molecule has 1 amide bonds. The number of primary amides is 1. The monoisotopic (exact) mass is 246 g/mol. The van der Waals surface area contributed by atoms with E-state index in [0.29, 0.717) is 24.2 Å². The number of carbonyl (C=O) groups is 1. The van der Waals surface area contributed by atoms with Gasteiger partial charge in [0.05, 0.1) is 6.54 Å². The molecule has 1 rings (SSSR count). The summed E-state index contributed by atoms with van der Waals surface area (Å²) in [7, 11) is 0. The Morgan fingerprint density at radius 1 is 1.62 bits per heavy atom. The number of rotatable bonds is 5. The first-order chi connectivity index (χ1) is 6.18. The fourth-order valence-corrected chi connectivity index (χ4v) is 1.21. The molecule has 0 unspecified atom stereocenters. The topological polar surface area (TPSA) is 68.3 Å². The fraction of sp³-hybridized carbons (Fsp3) is 0.375. The number of nitrogens with one attached hydrogen (secondary N) is 1. The highest BCUT2D eigenvalue weighted by Crippen LogP contribution is 2.13. The molecule has 0 fully saturated rings. The molecule has 0 aliphatic heterocycles. The van der Waals surface area contributed by atoms with Crippen LogP contribution in [0.3, 0.4) is 0 Å². The van der Waals surface area contributed by atoms with E-state index in [2.05, 4.69) is 21.2 Å². The summed E-state index contributed by atoms with van der Waals surface area (Å²) in [6.07, 6.45) is 0.349. The normalized spacial score (nSPS) is 10.2. The number of carbonyl (C=O) groups excluding carboxylic acids is 1. The van der Waals surface area contributed by atoms with Crippen molar-refractivity contribution in [1.29, 1.82) is 0 Å². The number of furan rings is 1. The number of hydrogen-bond donors (Lipinski definition) is 2. The average Bonchev–Trinajstić information content (AvgIpc) is 2.45. The van der Waals surface area contributed by atoms with Crippen molar-refractivity contribution in [3.63, 3.8) is 0 Å². The van der Waals surface area contributed by atoms with Gasteiger partial charge in [0.2, 0.25) is 5.91 Å². The van der Waals surface area contributed by atoms with Gasteiger partial charge in [0, 0.05) is 13.0 Å². The third kappa shape index (κ3) is 4.10. The van der Waals surface area contributed by atoms with Crippen LogP contribution in [-0.4, -0.2) is 12.5 Å². The van der Waals surface area contributed by atoms with Crippen molar-refractivity contribution in [3.05, 3.63) is 22.6 Å². The maximum absolute atomic E-state index is 10.4. The summed E-state index contributed by atoms with van der Waals surface area (Å²) in [5, 5.41) is 3.03. The molecule has 13 heavy (non-hydrogen) atoms. The van der Waals surface area contributed by atoms with Crippen molar-refractivity contribution >= 4 is 21.8 Å². The van der Waals surface area contributed by atoms with Crippen LogP contribution in [0.15, 0.2) is 21.2 Å². The summed E-state index contributed by atoms with van der Waals surface area (Å²) in [5.41, 5.74) is 4.97. The molecule has 0 saturated heterocycles. The lowest BCUT2D eigenvalue weighted by Crippen LogP contribution is -2.21. The molecular weight excluding hydrogens is 236 g/mol. The molecule has 3 N–H and O–H groups in total. The molecule has 0 atom stereocenters. The minimum absolute atomic E-state index is 0.298. The van der Waals surface area contributed by atoms with E-state index in [9.17, 15) is 4.79 Å². The second kappa shape index (κ2) is 5.04. The Bertz CT molecular complexity index is 285. The Morgan fingerprint density at radius 2 is 2.38 bits per heavy atom. The number of halogens is 1. The van der Waals surface area contributed by atoms with Crippen molar-refractivity contribution in [2.75, 3.05) is 6.54 Å². The quantitative estimate of drug-likeness (QED) is 0.763. The van der Waals surface area contributed by atoms with Crippen molar-refractivity contribution in [3.8, 4) is 0 Å². The smallest absolute Gasteiger partial charge is 0.218 e. The SMILES string of the molecule is NC(=O)CCNCc1ccc(Br)o1. The van der Waals surface area contributed by atoms with Gasteiger partial charge < -0.3 is 15.5 Å². The first-order valence-electron chi connectivity index (χ1n) is 3.91. The highest BCUT2D eigenvalue weighted by molar-refractivity contribution is 9.10. The van der Waals surface area contributed by atoms with E-state index in [-0.39, 0.29) is 5.91 Å². The van der Waals surface area contributed by atoms with Gasteiger partial charge in [-0.3, -0.25) is 4.79 Å². The highest BCUT2D eigenvalue weighted by Gasteiger charge is 1.98. The summed E-state index contributed by atoms with van der Waals surface area (Å²) in [4.78, 5) is 10.4. The van der Waals surface area contributed by atoms with Crippen molar-refractivity contribution in [1.82, 2.24) is 5.32 Å². The van der Waals surface area contributed by atoms with Crippen LogP contribution in [0.2, 0.25) is 0 Å². The zero-order valence-electron chi connectivity index (χ0n) is 7.05. The van der Waals surface area contributed by atoms with Gasteiger partial charge in [0.25, 0.3) is 0 Å². The van der Waals surface area contributed by atoms with Crippen LogP contribution in [0.25, 0.3) is 0 Å². The van der Waals surface area contributed by atoms with Gasteiger partial charge in [0.1, 0.15) is 5.76 Å². The Labute approximate surface area is 84.6 Å². The summed E-state index contributed by atoms with van der Waals surface area (Å²) in [5.74, 6) is 0.532. The molecule has 0 saturated carbocycles. The van der Waals surface area contributed by atoms with Crippen LogP contribution in [0.4, 0.5) is 0 Å². The maximum Gasteiger partial charge on any atom is 0.218 e. The van der Waals surface area contributed by atoms with Crippen LogP contribution in [-0.2, 0) is 11.3 Å². The third-order valence-electron chi connectivity index (χ3n) is 1.48. The van der Waals surface area contributed by atoms with Gasteiger partial charge in [-0.25, -0.2) is 0 Å². The molecular formula is C8H11BrN2O2. The average molecular weight is 247 g/mol. The number of amides is 1. The molecule has 0 aliphatic carbocycles. The van der Waals surface area contributed by atoms with Crippen LogP contribution in [0.5, 0.6) is 0 Å². The molecule has 0 bridgehead atoms. The molecule has 0 radical (unpaired) electrons. The van der Waals surface area contributed by atoms with E-state index in [1.807, 2.05) is 12.1 Å². The zero-order valence-corrected chi connectivity index (χ0v) is 8.63. The zero-order chi connectivity index (χ0) is 9.68. The molecule has 0 aromatic carbocycles. The Balaban J connectivity index is 2.16. The number of nitrogens with two attached hydrogens (primary N) is 1. The van der Waals surface area contributed by atoms with Crippen LogP contribution < -0.4 is 11.1 Å². The second-order valence-electron chi connectivity index (χ2n) is 2.60. The molecule has 1 aromatic heterocycles. The van der Waals surface area contributed by atoms with Crippen LogP contribution >= 0.6 is 15.9 Å². The molecule has 1 aromatic rings. The molecule has 1 heterocycles. The largest absolute Gasteiger partial charge is 0.453 e. The summed E-state index contributed by atoms with van der Waals surface area (Å²) < 4.78 is 5.94. The first-order valence-corrected chi connectivity index (χ1v) is 4.71. The Hall–Kier alpha value is -0.810. The second-order valence-corrected chi connectivity index (χ2v) is 3.38. The van der Waals surface area contributed by atoms with Gasteiger partial charge in [-0.2, -0.15) is 0 Å². The summed E-state index contributed by atoms with van der Waals surface area (Å²) in [6.45, 7) is 1.19. The van der Waals surface area contributed by atoms with E-state index in [0.717, 1.165) is 5.76 Å². The maximum atomic E-state index is 10.4. The van der Waals surface area contributed by atoms with Crippen LogP contribution in [0.1, 0.15) is 12.2 Å². The molecule has 72 valence electrons. The van der Waals surface area contributed by atoms with Crippen LogP contribution in [0, 0.1) is 0 Å². The predicted molar refractivity (Wildman–Crippen MR) is 51.9 cm³/mol. The first kappa shape index (κ1) is 10.3. The summed E-state index contributed by atoms with van der Waals surface area (Å²) in [6, 6.07) is 3.69. The van der Waals surface area contributed by atoms with Crippen molar-refractivity contribution in [2.45, 2.75) is 13.0 Å². The van der Waals surface area contributed by atoms with E-state index in [1.165, 1.54) is 0 Å². The lowest BCUT2D eigenvalue weighted by atomic mass is 10.4. The lowest BCUT2D eigenvalue weighted by Gasteiger charge is -1.99. The Kier molecular flexibility index (Phi) is 3.98. The minimum atomic E-state index is -0.298. The molecule has 5 heteroatoms. The highest BCUT2D eigenvalue weighted by atomic mass is 79.9. The predicted octanol–water partition coefficient (Wildman–Crippen LogP) is 1.01. The fourth-order valence-electron chi connectivity index (χ4n) is 0.870. The Morgan fingerprint density at radius 3 is 2.92 bits per heavy atom. The van der Waals surface area contributed by atoms with E-state index >= 15 is 0 Å². The summed E-state index contributed by atoms with van der Waals surface area (Å²) >= 11 is 3.20. The lowest BCUT2D eigenvalue weighted by molar-refractivity contribution is -0.117. The molecule has 0 aliphatic rings. The van der Waals surface area contributed by atoms with Gasteiger partial charge in [0.15, 0.2) is 4.67 Å². The van der Waals surface area contributed by atoms with Gasteiger partial charge >= 0.3 is 0 Å². The van der Waals surface area contributed by atoms with Crippen molar-refractivity contribution < 1.29 is 9.21 Å². The molecule has 4 nitrogen and oxygen atoms in total. The standard InChI is InChI=1S/C8H11BrN2O2/c9-7-2-1-6(13-7)5-11-4-3-8(10)12/h1-2,11H,3-5H2,(H2,10,12). The van der Waals surface area contributed by atoms with E-state index < -0.39 is 0 Å². The van der Waals surface area contributed by atoms with Crippen molar-refractivity contribution in [2.24, 2.45) is 5.73 Å².